The van der Waals surface area contributed by atoms with Gasteiger partial charge in [-0.2, -0.15) is 0 Å². The van der Waals surface area contributed by atoms with Crippen molar-refractivity contribution < 1.29 is 28.9 Å². The maximum Gasteiger partial charge on any atom is 0.309 e. The highest BCUT2D eigenvalue weighted by atomic mass is 19.1. The first-order chi connectivity index (χ1) is 8.33. The van der Waals surface area contributed by atoms with Crippen LogP contribution in [0.3, 0.4) is 0 Å². The van der Waals surface area contributed by atoms with Crippen LogP contribution in [0.4, 0.5) is 4.39 Å². The number of fused-ring (bicyclic) bond motifs is 1. The molecule has 2 rings (SSSR count). The molecule has 0 bridgehead atoms. The van der Waals surface area contributed by atoms with Gasteiger partial charge >= 0.3 is 5.97 Å². The van der Waals surface area contributed by atoms with E-state index in [4.69, 9.17) is 14.6 Å². The zero-order valence-corrected chi connectivity index (χ0v) is 9.99. The fraction of sp³-hybridized carbons (Fsp3) is 0.417. The van der Waals surface area contributed by atoms with E-state index in [1.807, 2.05) is 0 Å². The first-order valence-corrected chi connectivity index (χ1v) is 5.36. The molecule has 18 heavy (non-hydrogen) atoms. The van der Waals surface area contributed by atoms with Crippen LogP contribution in [0.5, 0.6) is 17.2 Å². The van der Waals surface area contributed by atoms with E-state index in [-0.39, 0.29) is 30.3 Å². The van der Waals surface area contributed by atoms with Crippen molar-refractivity contribution in [1.82, 2.24) is 0 Å². The predicted octanol–water partition coefficient (Wildman–Crippen LogP) is 1.91. The largest absolute Gasteiger partial charge is 0.505 e. The Balaban J connectivity index is 2.48. The third-order valence-electron chi connectivity index (χ3n) is 2.88. The van der Waals surface area contributed by atoms with Gasteiger partial charge in [0.15, 0.2) is 23.1 Å². The maximum atomic E-state index is 13.5. The third kappa shape index (κ3) is 1.94. The molecule has 0 aromatic heterocycles. The van der Waals surface area contributed by atoms with Crippen LogP contribution in [0.25, 0.3) is 0 Å². The number of phenols is 1. The molecule has 0 radical (unpaired) electrons. The third-order valence-corrected chi connectivity index (χ3v) is 2.88. The van der Waals surface area contributed by atoms with Crippen LogP contribution in [0.2, 0.25) is 0 Å². The number of halogens is 1. The second-order valence-corrected chi connectivity index (χ2v) is 4.79. The Labute approximate surface area is 103 Å². The van der Waals surface area contributed by atoms with Gasteiger partial charge in [0.25, 0.3) is 0 Å². The van der Waals surface area contributed by atoms with Gasteiger partial charge in [-0.3, -0.25) is 4.79 Å². The summed E-state index contributed by atoms with van der Waals surface area (Å²) in [5.41, 5.74) is -1.03. The molecule has 2 N–H and O–H groups in total. The number of phenolic OH excluding ortho intramolecular Hbond substituents is 1. The van der Waals surface area contributed by atoms with Gasteiger partial charge in [0.2, 0.25) is 6.79 Å². The lowest BCUT2D eigenvalue weighted by Gasteiger charge is -2.20. The van der Waals surface area contributed by atoms with Crippen molar-refractivity contribution >= 4 is 5.97 Å². The van der Waals surface area contributed by atoms with Crippen molar-refractivity contribution in [1.29, 1.82) is 0 Å². The average molecular weight is 256 g/mol. The lowest BCUT2D eigenvalue weighted by molar-refractivity contribution is -0.146. The molecule has 0 fully saturated rings. The molecule has 0 saturated carbocycles. The summed E-state index contributed by atoms with van der Waals surface area (Å²) in [5, 5.41) is 18.8. The Morgan fingerprint density at radius 2 is 2.17 bits per heavy atom. The lowest BCUT2D eigenvalue weighted by Crippen LogP contribution is -2.26. The van der Waals surface area contributed by atoms with Gasteiger partial charge in [-0.05, 0) is 20.3 Å². The van der Waals surface area contributed by atoms with Gasteiger partial charge < -0.3 is 19.7 Å². The Hall–Kier alpha value is -1.98. The molecular formula is C12H13FO5. The Bertz CT molecular complexity index is 510. The summed E-state index contributed by atoms with van der Waals surface area (Å²) in [6, 6.07) is 1.02. The zero-order valence-electron chi connectivity index (χ0n) is 9.99. The van der Waals surface area contributed by atoms with E-state index in [2.05, 4.69) is 0 Å². The van der Waals surface area contributed by atoms with E-state index in [9.17, 15) is 14.3 Å². The summed E-state index contributed by atoms with van der Waals surface area (Å²) in [7, 11) is 0. The summed E-state index contributed by atoms with van der Waals surface area (Å²) in [4.78, 5) is 11.1. The highest BCUT2D eigenvalue weighted by Gasteiger charge is 2.33. The number of aliphatic carboxylic acids is 1. The number of hydrogen-bond acceptors (Lipinski definition) is 4. The maximum absolute atomic E-state index is 13.5. The van der Waals surface area contributed by atoms with Crippen molar-refractivity contribution in [3.63, 3.8) is 0 Å². The van der Waals surface area contributed by atoms with Crippen molar-refractivity contribution in [2.24, 2.45) is 5.41 Å². The molecule has 0 unspecified atom stereocenters. The van der Waals surface area contributed by atoms with Crippen molar-refractivity contribution in [3.05, 3.63) is 17.4 Å². The number of carboxylic acids is 1. The highest BCUT2D eigenvalue weighted by Crippen LogP contribution is 2.44. The van der Waals surface area contributed by atoms with Gasteiger partial charge in [-0.15, -0.1) is 0 Å². The smallest absolute Gasteiger partial charge is 0.309 e. The molecule has 0 atom stereocenters. The number of rotatable bonds is 3. The molecule has 0 saturated heterocycles. The van der Waals surface area contributed by atoms with Crippen molar-refractivity contribution in [2.75, 3.05) is 6.79 Å². The Kier molecular flexibility index (Phi) is 2.80. The number of hydrogen-bond donors (Lipinski definition) is 2. The lowest BCUT2D eigenvalue weighted by atomic mass is 9.85. The quantitative estimate of drug-likeness (QED) is 0.864. The van der Waals surface area contributed by atoms with Crippen LogP contribution in [0.1, 0.15) is 19.4 Å². The van der Waals surface area contributed by atoms with E-state index in [1.54, 1.807) is 0 Å². The first-order valence-electron chi connectivity index (χ1n) is 5.36. The summed E-state index contributed by atoms with van der Waals surface area (Å²) in [5.74, 6) is -2.09. The fourth-order valence-electron chi connectivity index (χ4n) is 1.75. The normalized spacial score (nSPS) is 13.7. The van der Waals surface area contributed by atoms with Gasteiger partial charge in [0.1, 0.15) is 0 Å². The number of ether oxygens (including phenoxy) is 2. The monoisotopic (exact) mass is 256 g/mol. The first kappa shape index (κ1) is 12.5. The van der Waals surface area contributed by atoms with Crippen molar-refractivity contribution in [3.8, 4) is 17.2 Å². The number of carbonyl (C=O) groups is 1. The van der Waals surface area contributed by atoms with E-state index in [0.29, 0.717) is 0 Å². The SMILES string of the molecule is CC(C)(Cc1c(O)c(F)cc2c1OCO2)C(=O)O. The number of carboxylic acid groups (broad SMARTS) is 1. The standard InChI is InChI=1S/C12H13FO5/c1-12(2,11(15)16)4-6-9(14)7(13)3-8-10(6)18-5-17-8/h3,14H,4-5H2,1-2H3,(H,15,16). The van der Waals surface area contributed by atoms with Crippen LogP contribution < -0.4 is 9.47 Å². The minimum Gasteiger partial charge on any atom is -0.505 e. The minimum absolute atomic E-state index is 0.0579. The number of aromatic hydroxyl groups is 1. The van der Waals surface area contributed by atoms with E-state index < -0.39 is 23.0 Å². The average Bonchev–Trinajstić information content (AvgIpc) is 2.72. The topological polar surface area (TPSA) is 76.0 Å². The summed E-state index contributed by atoms with van der Waals surface area (Å²) in [6.07, 6.45) is -0.0579. The predicted molar refractivity (Wildman–Crippen MR) is 59.3 cm³/mol. The molecular weight excluding hydrogens is 243 g/mol. The molecule has 0 aliphatic carbocycles. The zero-order chi connectivity index (χ0) is 13.5. The molecule has 0 spiro atoms. The van der Waals surface area contributed by atoms with Crippen LogP contribution in [-0.4, -0.2) is 23.0 Å². The van der Waals surface area contributed by atoms with Gasteiger partial charge in [0, 0.05) is 11.6 Å². The molecule has 1 aromatic carbocycles. The summed E-state index contributed by atoms with van der Waals surface area (Å²) < 4.78 is 23.7. The van der Waals surface area contributed by atoms with Gasteiger partial charge in [-0.25, -0.2) is 4.39 Å². The molecule has 6 heteroatoms. The van der Waals surface area contributed by atoms with Crippen LogP contribution >= 0.6 is 0 Å². The Morgan fingerprint density at radius 3 is 2.78 bits per heavy atom. The molecule has 0 amide bonds. The summed E-state index contributed by atoms with van der Waals surface area (Å²) in [6.45, 7) is 2.91. The molecule has 1 aromatic rings. The summed E-state index contributed by atoms with van der Waals surface area (Å²) >= 11 is 0. The molecule has 98 valence electrons. The van der Waals surface area contributed by atoms with Gasteiger partial charge in [-0.1, -0.05) is 0 Å². The van der Waals surface area contributed by atoms with E-state index in [0.717, 1.165) is 6.07 Å². The molecule has 5 nitrogen and oxygen atoms in total. The van der Waals surface area contributed by atoms with Crippen LogP contribution in [0.15, 0.2) is 6.07 Å². The fourth-order valence-corrected chi connectivity index (χ4v) is 1.75. The molecule has 1 heterocycles. The van der Waals surface area contributed by atoms with E-state index >= 15 is 0 Å². The molecule has 1 aliphatic heterocycles. The van der Waals surface area contributed by atoms with Gasteiger partial charge in [0.05, 0.1) is 5.41 Å². The Morgan fingerprint density at radius 1 is 1.50 bits per heavy atom. The minimum atomic E-state index is -1.15. The second-order valence-electron chi connectivity index (χ2n) is 4.79. The van der Waals surface area contributed by atoms with Crippen molar-refractivity contribution in [2.45, 2.75) is 20.3 Å². The van der Waals surface area contributed by atoms with Crippen LogP contribution in [0, 0.1) is 11.2 Å². The van der Waals surface area contributed by atoms with E-state index in [1.165, 1.54) is 13.8 Å². The number of benzene rings is 1. The molecule has 1 aliphatic rings. The second kappa shape index (κ2) is 4.04. The highest BCUT2D eigenvalue weighted by molar-refractivity contribution is 5.74. The van der Waals surface area contributed by atoms with Crippen LogP contribution in [-0.2, 0) is 11.2 Å².